The first kappa shape index (κ1) is 14.2. The van der Waals surface area contributed by atoms with E-state index in [2.05, 4.69) is 90.8 Å². The van der Waals surface area contributed by atoms with Crippen LogP contribution in [0.3, 0.4) is 0 Å². The van der Waals surface area contributed by atoms with Crippen LogP contribution in [-0.2, 0) is 6.54 Å². The average Bonchev–Trinajstić information content (AvgIpc) is 2.62. The van der Waals surface area contributed by atoms with Gasteiger partial charge in [0.2, 0.25) is 0 Å². The zero-order valence-electron chi connectivity index (χ0n) is 13.4. The van der Waals surface area contributed by atoms with E-state index in [4.69, 9.17) is 0 Å². The first-order chi connectivity index (χ1) is 11.3. The maximum absolute atomic E-state index is 2.43. The third kappa shape index (κ3) is 2.80. The third-order valence-electron chi connectivity index (χ3n) is 4.76. The topological polar surface area (TPSA) is 3.24 Å². The first-order valence-corrected chi connectivity index (χ1v) is 8.23. The van der Waals surface area contributed by atoms with Crippen LogP contribution in [0.1, 0.15) is 22.6 Å². The van der Waals surface area contributed by atoms with Crippen LogP contribution in [0, 0.1) is 0 Å². The minimum absolute atomic E-state index is 0.467. The molecule has 0 fully saturated rings. The molecule has 0 unspecified atom stereocenters. The Hall–Kier alpha value is -2.38. The van der Waals surface area contributed by atoms with E-state index in [1.165, 1.54) is 27.8 Å². The Morgan fingerprint density at radius 2 is 1.48 bits per heavy atom. The molecule has 1 aliphatic heterocycles. The maximum Gasteiger partial charge on any atom is 0.0234 e. The minimum atomic E-state index is 0.467. The molecule has 4 rings (SSSR count). The van der Waals surface area contributed by atoms with Crippen LogP contribution in [0.25, 0.3) is 11.1 Å². The molecule has 1 atom stereocenters. The second-order valence-electron chi connectivity index (χ2n) is 6.44. The summed E-state index contributed by atoms with van der Waals surface area (Å²) in [7, 11) is 2.22. The number of fused-ring (bicyclic) bond motifs is 1. The number of benzene rings is 3. The molecule has 1 heteroatoms. The van der Waals surface area contributed by atoms with E-state index >= 15 is 0 Å². The predicted molar refractivity (Wildman–Crippen MR) is 96.5 cm³/mol. The third-order valence-corrected chi connectivity index (χ3v) is 4.76. The SMILES string of the molecule is CN1Cc2cc(-c3ccccc3)ccc2[C@@H](c2ccccc2)C1. The van der Waals surface area contributed by atoms with Gasteiger partial charge in [-0.25, -0.2) is 0 Å². The summed E-state index contributed by atoms with van der Waals surface area (Å²) in [6.45, 7) is 2.11. The molecule has 0 N–H and O–H groups in total. The summed E-state index contributed by atoms with van der Waals surface area (Å²) in [6.07, 6.45) is 0. The van der Waals surface area contributed by atoms with Crippen LogP contribution in [0.4, 0.5) is 0 Å². The van der Waals surface area contributed by atoms with Gasteiger partial charge in [0.05, 0.1) is 0 Å². The van der Waals surface area contributed by atoms with E-state index in [0.717, 1.165) is 13.1 Å². The molecule has 0 saturated carbocycles. The summed E-state index contributed by atoms with van der Waals surface area (Å²) in [5.74, 6) is 0.467. The molecule has 1 aliphatic rings. The monoisotopic (exact) mass is 299 g/mol. The van der Waals surface area contributed by atoms with E-state index in [9.17, 15) is 0 Å². The molecule has 0 saturated heterocycles. The molecular weight excluding hydrogens is 278 g/mol. The van der Waals surface area contributed by atoms with Gasteiger partial charge in [-0.1, -0.05) is 72.8 Å². The van der Waals surface area contributed by atoms with Gasteiger partial charge in [-0.3, -0.25) is 0 Å². The lowest BCUT2D eigenvalue weighted by atomic mass is 9.83. The number of likely N-dealkylation sites (N-methyl/N-ethyl adjacent to an activating group) is 1. The van der Waals surface area contributed by atoms with Gasteiger partial charge >= 0.3 is 0 Å². The predicted octanol–water partition coefficient (Wildman–Crippen LogP) is 4.93. The van der Waals surface area contributed by atoms with Crippen LogP contribution in [0.5, 0.6) is 0 Å². The fourth-order valence-corrected chi connectivity index (χ4v) is 3.63. The molecule has 0 aromatic heterocycles. The van der Waals surface area contributed by atoms with Crippen molar-refractivity contribution in [3.63, 3.8) is 0 Å². The molecule has 23 heavy (non-hydrogen) atoms. The van der Waals surface area contributed by atoms with E-state index in [1.807, 2.05) is 0 Å². The van der Waals surface area contributed by atoms with Gasteiger partial charge in [-0.2, -0.15) is 0 Å². The van der Waals surface area contributed by atoms with Gasteiger partial charge in [0.1, 0.15) is 0 Å². The summed E-state index contributed by atoms with van der Waals surface area (Å²) < 4.78 is 0. The van der Waals surface area contributed by atoms with Crippen molar-refractivity contribution in [1.82, 2.24) is 4.90 Å². The summed E-state index contributed by atoms with van der Waals surface area (Å²) in [5.41, 5.74) is 6.95. The van der Waals surface area contributed by atoms with Crippen molar-refractivity contribution in [3.05, 3.63) is 95.6 Å². The van der Waals surface area contributed by atoms with Crippen LogP contribution in [0.2, 0.25) is 0 Å². The van der Waals surface area contributed by atoms with Gasteiger partial charge in [0, 0.05) is 19.0 Å². The second kappa shape index (κ2) is 6.02. The van der Waals surface area contributed by atoms with Crippen molar-refractivity contribution in [1.29, 1.82) is 0 Å². The van der Waals surface area contributed by atoms with Gasteiger partial charge in [0.15, 0.2) is 0 Å². The summed E-state index contributed by atoms with van der Waals surface area (Å²) in [5, 5.41) is 0. The van der Waals surface area contributed by atoms with Crippen molar-refractivity contribution < 1.29 is 0 Å². The lowest BCUT2D eigenvalue weighted by Gasteiger charge is -2.33. The Bertz CT molecular complexity index is 793. The molecule has 1 nitrogen and oxygen atoms in total. The fraction of sp³-hybridized carbons (Fsp3) is 0.182. The van der Waals surface area contributed by atoms with Gasteiger partial charge in [0.25, 0.3) is 0 Å². The molecule has 114 valence electrons. The first-order valence-electron chi connectivity index (χ1n) is 8.23. The lowest BCUT2D eigenvalue weighted by molar-refractivity contribution is 0.295. The highest BCUT2D eigenvalue weighted by Gasteiger charge is 2.24. The zero-order valence-corrected chi connectivity index (χ0v) is 13.4. The molecule has 0 spiro atoms. The molecule has 3 aromatic carbocycles. The highest BCUT2D eigenvalue weighted by atomic mass is 15.1. The van der Waals surface area contributed by atoms with Crippen molar-refractivity contribution >= 4 is 0 Å². The number of hydrogen-bond donors (Lipinski definition) is 0. The molecule has 1 heterocycles. The zero-order chi connectivity index (χ0) is 15.6. The minimum Gasteiger partial charge on any atom is -0.301 e. The second-order valence-corrected chi connectivity index (χ2v) is 6.44. The Morgan fingerprint density at radius 3 is 2.22 bits per heavy atom. The van der Waals surface area contributed by atoms with Gasteiger partial charge in [-0.15, -0.1) is 0 Å². The van der Waals surface area contributed by atoms with Crippen LogP contribution >= 0.6 is 0 Å². The van der Waals surface area contributed by atoms with Gasteiger partial charge < -0.3 is 4.90 Å². The maximum atomic E-state index is 2.43. The van der Waals surface area contributed by atoms with Crippen molar-refractivity contribution in [2.45, 2.75) is 12.5 Å². The smallest absolute Gasteiger partial charge is 0.0234 e. The summed E-state index contributed by atoms with van der Waals surface area (Å²) in [4.78, 5) is 2.43. The van der Waals surface area contributed by atoms with Crippen LogP contribution in [0.15, 0.2) is 78.9 Å². The van der Waals surface area contributed by atoms with Crippen molar-refractivity contribution in [2.75, 3.05) is 13.6 Å². The lowest BCUT2D eigenvalue weighted by Crippen LogP contribution is -2.30. The molecule has 0 radical (unpaired) electrons. The Labute approximate surface area is 138 Å². The van der Waals surface area contributed by atoms with Crippen molar-refractivity contribution in [3.8, 4) is 11.1 Å². The normalized spacial score (nSPS) is 17.7. The number of hydrogen-bond acceptors (Lipinski definition) is 1. The highest BCUT2D eigenvalue weighted by Crippen LogP contribution is 2.35. The van der Waals surface area contributed by atoms with E-state index in [-0.39, 0.29) is 0 Å². The van der Waals surface area contributed by atoms with E-state index in [1.54, 1.807) is 0 Å². The number of rotatable bonds is 2. The summed E-state index contributed by atoms with van der Waals surface area (Å²) >= 11 is 0. The van der Waals surface area contributed by atoms with Crippen molar-refractivity contribution in [2.24, 2.45) is 0 Å². The Kier molecular flexibility index (Phi) is 3.72. The summed E-state index contributed by atoms with van der Waals surface area (Å²) in [6, 6.07) is 28.5. The quantitative estimate of drug-likeness (QED) is 0.648. The highest BCUT2D eigenvalue weighted by molar-refractivity contribution is 5.65. The molecule has 3 aromatic rings. The van der Waals surface area contributed by atoms with E-state index < -0.39 is 0 Å². The Balaban J connectivity index is 1.77. The van der Waals surface area contributed by atoms with E-state index in [0.29, 0.717) is 5.92 Å². The largest absolute Gasteiger partial charge is 0.301 e. The molecular formula is C22H21N. The van der Waals surface area contributed by atoms with Crippen LogP contribution < -0.4 is 0 Å². The molecule has 0 bridgehead atoms. The average molecular weight is 299 g/mol. The van der Waals surface area contributed by atoms with Gasteiger partial charge in [-0.05, 0) is 40.9 Å². The number of nitrogens with zero attached hydrogens (tertiary/aromatic N) is 1. The fourth-order valence-electron chi connectivity index (χ4n) is 3.63. The molecule has 0 amide bonds. The molecule has 0 aliphatic carbocycles. The standard InChI is InChI=1S/C22H21N/c1-23-15-20-14-19(17-8-4-2-5-9-17)12-13-21(20)22(16-23)18-10-6-3-7-11-18/h2-14,22H,15-16H2,1H3/t22-/m1/s1. The Morgan fingerprint density at radius 1 is 0.783 bits per heavy atom. The van der Waals surface area contributed by atoms with Crippen LogP contribution in [-0.4, -0.2) is 18.5 Å².